The van der Waals surface area contributed by atoms with Crippen LogP contribution in [-0.4, -0.2) is 36.4 Å². The molecule has 1 unspecified atom stereocenters. The number of carbonyl (C=O) groups excluding carboxylic acids is 1. The van der Waals surface area contributed by atoms with Crippen LogP contribution in [0.2, 0.25) is 0 Å². The second kappa shape index (κ2) is 4.23. The maximum atomic E-state index is 11.1. The van der Waals surface area contributed by atoms with E-state index in [0.29, 0.717) is 13.0 Å². The first-order chi connectivity index (χ1) is 5.75. The molecule has 1 aliphatic heterocycles. The summed E-state index contributed by atoms with van der Waals surface area (Å²) < 4.78 is 4.77. The van der Waals surface area contributed by atoms with E-state index >= 15 is 0 Å². The van der Waals surface area contributed by atoms with Gasteiger partial charge in [-0.3, -0.25) is 4.79 Å². The highest BCUT2D eigenvalue weighted by atomic mass is 16.5. The number of carbonyl (C=O) groups is 1. The molecule has 0 bridgehead atoms. The molecule has 0 saturated carbocycles. The number of aliphatic hydroxyl groups excluding tert-OH is 1. The van der Waals surface area contributed by atoms with E-state index in [0.717, 1.165) is 0 Å². The smallest absolute Gasteiger partial charge is 0.326 e. The number of aliphatic hydroxyl groups is 1. The van der Waals surface area contributed by atoms with E-state index < -0.39 is 18.1 Å². The number of rotatable bonds is 3. The maximum Gasteiger partial charge on any atom is 0.326 e. The topological polar surface area (TPSA) is 58.6 Å². The molecular weight excluding hydrogens is 158 g/mol. The van der Waals surface area contributed by atoms with Crippen molar-refractivity contribution in [3.8, 4) is 0 Å². The van der Waals surface area contributed by atoms with E-state index in [-0.39, 0.29) is 6.61 Å². The number of ether oxygens (including phenoxy) is 1. The van der Waals surface area contributed by atoms with Crippen LogP contribution in [0.5, 0.6) is 0 Å². The van der Waals surface area contributed by atoms with Gasteiger partial charge in [0.15, 0.2) is 0 Å². The van der Waals surface area contributed by atoms with Gasteiger partial charge in [-0.15, -0.1) is 0 Å². The minimum absolute atomic E-state index is 0.198. The molecule has 0 aromatic heterocycles. The molecule has 1 heterocycles. The van der Waals surface area contributed by atoms with Crippen LogP contribution >= 0.6 is 0 Å². The molecule has 0 spiro atoms. The first-order valence-corrected chi connectivity index (χ1v) is 3.94. The maximum absolute atomic E-state index is 11.1. The summed E-state index contributed by atoms with van der Waals surface area (Å²) in [6.07, 6.45) is 1.50. The van der Waals surface area contributed by atoms with Crippen LogP contribution in [0.4, 0.5) is 0 Å². The molecular formula is C8H13NO3. The lowest BCUT2D eigenvalue weighted by molar-refractivity contribution is -0.146. The Morgan fingerprint density at radius 2 is 2.58 bits per heavy atom. The molecule has 2 N–H and O–H groups in total. The van der Waals surface area contributed by atoms with Crippen molar-refractivity contribution in [2.45, 2.75) is 18.6 Å². The van der Waals surface area contributed by atoms with Crippen molar-refractivity contribution in [1.82, 2.24) is 5.32 Å². The lowest BCUT2D eigenvalue weighted by Gasteiger charge is -2.12. The van der Waals surface area contributed by atoms with Crippen molar-refractivity contribution < 1.29 is 14.6 Å². The molecule has 4 nitrogen and oxygen atoms in total. The largest absolute Gasteiger partial charge is 0.460 e. The molecule has 0 amide bonds. The number of hydrogen-bond acceptors (Lipinski definition) is 4. The molecule has 12 heavy (non-hydrogen) atoms. The molecule has 0 aliphatic carbocycles. The standard InChI is InChI=1S/C8H13NO3/c1-2-5-12-8(11)7-6(10)3-4-9-7/h2,6-7,9-10H,1,3-5H2/t6?,7-/m0/s1. The van der Waals surface area contributed by atoms with Crippen molar-refractivity contribution in [1.29, 1.82) is 0 Å². The fourth-order valence-electron chi connectivity index (χ4n) is 1.16. The van der Waals surface area contributed by atoms with Gasteiger partial charge in [0, 0.05) is 0 Å². The fourth-order valence-corrected chi connectivity index (χ4v) is 1.16. The molecule has 68 valence electrons. The first kappa shape index (κ1) is 9.22. The predicted octanol–water partition coefficient (Wildman–Crippen LogP) is -0.562. The van der Waals surface area contributed by atoms with E-state index in [1.165, 1.54) is 6.08 Å². The van der Waals surface area contributed by atoms with E-state index in [9.17, 15) is 9.90 Å². The van der Waals surface area contributed by atoms with Crippen LogP contribution < -0.4 is 5.32 Å². The minimum atomic E-state index is -0.609. The van der Waals surface area contributed by atoms with Crippen LogP contribution in [0.25, 0.3) is 0 Å². The molecule has 1 fully saturated rings. The molecule has 0 aromatic carbocycles. The zero-order chi connectivity index (χ0) is 8.97. The van der Waals surface area contributed by atoms with Crippen LogP contribution in [0.15, 0.2) is 12.7 Å². The Hall–Kier alpha value is -0.870. The second-order valence-electron chi connectivity index (χ2n) is 2.71. The summed E-state index contributed by atoms with van der Waals surface area (Å²) >= 11 is 0. The van der Waals surface area contributed by atoms with Crippen molar-refractivity contribution >= 4 is 5.97 Å². The Morgan fingerprint density at radius 1 is 1.83 bits per heavy atom. The third-order valence-electron chi connectivity index (χ3n) is 1.79. The van der Waals surface area contributed by atoms with Gasteiger partial charge in [0.2, 0.25) is 0 Å². The van der Waals surface area contributed by atoms with E-state index in [1.807, 2.05) is 0 Å². The zero-order valence-corrected chi connectivity index (χ0v) is 6.82. The molecule has 0 aromatic rings. The summed E-state index contributed by atoms with van der Waals surface area (Å²) in [5.74, 6) is -0.403. The molecule has 1 aliphatic rings. The molecule has 1 rings (SSSR count). The van der Waals surface area contributed by atoms with Gasteiger partial charge in [-0.1, -0.05) is 12.7 Å². The van der Waals surface area contributed by atoms with Crippen LogP contribution in [0, 0.1) is 0 Å². The summed E-state index contributed by atoms with van der Waals surface area (Å²) in [6, 6.07) is -0.551. The van der Waals surface area contributed by atoms with E-state index in [1.54, 1.807) is 0 Å². The molecule has 2 atom stereocenters. The van der Waals surface area contributed by atoms with E-state index in [2.05, 4.69) is 11.9 Å². The van der Waals surface area contributed by atoms with Gasteiger partial charge in [-0.2, -0.15) is 0 Å². The Labute approximate surface area is 71.2 Å². The summed E-state index contributed by atoms with van der Waals surface area (Å²) in [5, 5.41) is 12.1. The number of hydrogen-bond donors (Lipinski definition) is 2. The average molecular weight is 171 g/mol. The second-order valence-corrected chi connectivity index (χ2v) is 2.71. The molecule has 0 radical (unpaired) electrons. The third kappa shape index (κ3) is 2.06. The van der Waals surface area contributed by atoms with Gasteiger partial charge < -0.3 is 15.2 Å². The fraction of sp³-hybridized carbons (Fsp3) is 0.625. The van der Waals surface area contributed by atoms with Gasteiger partial charge in [0.25, 0.3) is 0 Å². The minimum Gasteiger partial charge on any atom is -0.460 e. The highest BCUT2D eigenvalue weighted by Crippen LogP contribution is 2.07. The number of nitrogens with one attached hydrogen (secondary N) is 1. The van der Waals surface area contributed by atoms with Crippen LogP contribution in [0.3, 0.4) is 0 Å². The third-order valence-corrected chi connectivity index (χ3v) is 1.79. The van der Waals surface area contributed by atoms with Gasteiger partial charge in [-0.05, 0) is 13.0 Å². The van der Waals surface area contributed by atoms with Crippen molar-refractivity contribution in [2.75, 3.05) is 13.2 Å². The van der Waals surface area contributed by atoms with Crippen molar-refractivity contribution in [2.24, 2.45) is 0 Å². The highest BCUT2D eigenvalue weighted by Gasteiger charge is 2.31. The van der Waals surface area contributed by atoms with Gasteiger partial charge in [0.05, 0.1) is 6.10 Å². The van der Waals surface area contributed by atoms with Crippen molar-refractivity contribution in [3.05, 3.63) is 12.7 Å². The summed E-state index contributed by atoms with van der Waals surface area (Å²) in [6.45, 7) is 4.28. The number of esters is 1. The van der Waals surface area contributed by atoms with Crippen LogP contribution in [0.1, 0.15) is 6.42 Å². The quantitative estimate of drug-likeness (QED) is 0.441. The Kier molecular flexibility index (Phi) is 3.25. The van der Waals surface area contributed by atoms with Gasteiger partial charge in [0.1, 0.15) is 12.6 Å². The van der Waals surface area contributed by atoms with Gasteiger partial charge >= 0.3 is 5.97 Å². The predicted molar refractivity (Wildman–Crippen MR) is 43.6 cm³/mol. The van der Waals surface area contributed by atoms with Gasteiger partial charge in [-0.25, -0.2) is 0 Å². The average Bonchev–Trinajstić information content (AvgIpc) is 2.47. The first-order valence-electron chi connectivity index (χ1n) is 3.94. The molecule has 1 saturated heterocycles. The summed E-state index contributed by atoms with van der Waals surface area (Å²) in [4.78, 5) is 11.1. The summed E-state index contributed by atoms with van der Waals surface area (Å²) in [5.41, 5.74) is 0. The van der Waals surface area contributed by atoms with Crippen LogP contribution in [-0.2, 0) is 9.53 Å². The molecule has 4 heteroatoms. The van der Waals surface area contributed by atoms with Crippen molar-refractivity contribution in [3.63, 3.8) is 0 Å². The normalized spacial score (nSPS) is 28.4. The Bertz CT molecular complexity index is 181. The Balaban J connectivity index is 2.35. The highest BCUT2D eigenvalue weighted by molar-refractivity contribution is 5.77. The van der Waals surface area contributed by atoms with E-state index in [4.69, 9.17) is 4.74 Å². The SMILES string of the molecule is C=CCOC(=O)[C@H]1NCCC1O. The monoisotopic (exact) mass is 171 g/mol. The Morgan fingerprint density at radius 3 is 3.08 bits per heavy atom. The zero-order valence-electron chi connectivity index (χ0n) is 6.82. The lowest BCUT2D eigenvalue weighted by atomic mass is 10.2. The summed E-state index contributed by atoms with van der Waals surface area (Å²) in [7, 11) is 0. The lowest BCUT2D eigenvalue weighted by Crippen LogP contribution is -2.39.